The number of rotatable bonds is 4. The summed E-state index contributed by atoms with van der Waals surface area (Å²) >= 11 is 0. The van der Waals surface area contributed by atoms with Gasteiger partial charge in [-0.3, -0.25) is 9.69 Å². The molecule has 1 aliphatic rings. The maximum absolute atomic E-state index is 13.0. The fraction of sp³-hybridized carbons (Fsp3) is 0.529. The van der Waals surface area contributed by atoms with Crippen LogP contribution in [0.1, 0.15) is 18.7 Å². The van der Waals surface area contributed by atoms with Crippen LogP contribution in [0.3, 0.4) is 0 Å². The van der Waals surface area contributed by atoms with Gasteiger partial charge in [0.25, 0.3) is 5.56 Å². The molecule has 142 valence electrons. The van der Waals surface area contributed by atoms with E-state index < -0.39 is 12.1 Å². The summed E-state index contributed by atoms with van der Waals surface area (Å²) in [5.41, 5.74) is 0.0427. The summed E-state index contributed by atoms with van der Waals surface area (Å²) in [4.78, 5) is 21.1. The molecule has 0 spiro atoms. The number of likely N-dealkylation sites (tertiary alicyclic amines) is 1. The zero-order valence-electron chi connectivity index (χ0n) is 14.5. The summed E-state index contributed by atoms with van der Waals surface area (Å²) < 4.78 is 49.3. The Balaban J connectivity index is 1.88. The molecule has 1 aromatic heterocycles. The second kappa shape index (κ2) is 7.14. The number of hydrogen-bond acceptors (Lipinski definition) is 5. The van der Waals surface area contributed by atoms with Gasteiger partial charge in [0, 0.05) is 12.6 Å². The molecule has 0 bridgehead atoms. The predicted molar refractivity (Wildman–Crippen MR) is 89.5 cm³/mol. The van der Waals surface area contributed by atoms with Crippen LogP contribution in [0.4, 0.5) is 13.2 Å². The second-order valence-corrected chi connectivity index (χ2v) is 6.35. The molecular formula is C17H20F3N3O3. The number of aromatic nitrogens is 2. The number of hydrogen-bond donors (Lipinski definition) is 1. The van der Waals surface area contributed by atoms with Crippen molar-refractivity contribution in [3.63, 3.8) is 0 Å². The highest BCUT2D eigenvalue weighted by Crippen LogP contribution is 2.33. The minimum absolute atomic E-state index is 0.0861. The van der Waals surface area contributed by atoms with Crippen molar-refractivity contribution in [2.45, 2.75) is 25.6 Å². The second-order valence-electron chi connectivity index (χ2n) is 6.35. The van der Waals surface area contributed by atoms with Gasteiger partial charge in [0.1, 0.15) is 5.82 Å². The van der Waals surface area contributed by atoms with E-state index in [1.54, 1.807) is 11.0 Å². The average Bonchev–Trinajstić information content (AvgIpc) is 2.60. The van der Waals surface area contributed by atoms with Crippen LogP contribution in [0.2, 0.25) is 0 Å². The molecule has 0 aliphatic carbocycles. The van der Waals surface area contributed by atoms with Crippen molar-refractivity contribution < 1.29 is 22.6 Å². The Kier molecular flexibility index (Phi) is 5.08. The van der Waals surface area contributed by atoms with Crippen LogP contribution < -0.4 is 15.0 Å². The molecule has 1 N–H and O–H groups in total. The first-order valence-corrected chi connectivity index (χ1v) is 8.26. The molecule has 0 amide bonds. The van der Waals surface area contributed by atoms with E-state index in [0.717, 1.165) is 0 Å². The topological polar surface area (TPSA) is 67.5 Å². The Morgan fingerprint density at radius 3 is 2.62 bits per heavy atom. The first-order valence-electron chi connectivity index (χ1n) is 8.26. The Morgan fingerprint density at radius 1 is 1.27 bits per heavy atom. The highest BCUT2D eigenvalue weighted by molar-refractivity contribution is 5.81. The van der Waals surface area contributed by atoms with Gasteiger partial charge in [-0.25, -0.2) is 4.98 Å². The molecule has 6 nitrogen and oxygen atoms in total. The van der Waals surface area contributed by atoms with Crippen LogP contribution in [-0.2, 0) is 6.54 Å². The molecule has 1 aromatic carbocycles. The van der Waals surface area contributed by atoms with E-state index >= 15 is 0 Å². The number of methoxy groups -OCH3 is 2. The van der Waals surface area contributed by atoms with Gasteiger partial charge >= 0.3 is 6.18 Å². The third kappa shape index (κ3) is 3.77. The lowest BCUT2D eigenvalue weighted by atomic mass is 9.97. The lowest BCUT2D eigenvalue weighted by molar-refractivity contribution is -0.187. The van der Waals surface area contributed by atoms with Crippen molar-refractivity contribution in [1.82, 2.24) is 14.9 Å². The zero-order chi connectivity index (χ0) is 18.9. The third-order valence-electron chi connectivity index (χ3n) is 4.60. The first kappa shape index (κ1) is 18.5. The van der Waals surface area contributed by atoms with Crippen molar-refractivity contribution in [2.24, 2.45) is 5.92 Å². The maximum atomic E-state index is 13.0. The smallest absolute Gasteiger partial charge is 0.393 e. The summed E-state index contributed by atoms with van der Waals surface area (Å²) in [6, 6.07) is 3.12. The van der Waals surface area contributed by atoms with E-state index in [1.165, 1.54) is 20.3 Å². The molecule has 9 heteroatoms. The van der Waals surface area contributed by atoms with Crippen LogP contribution in [-0.4, -0.2) is 48.4 Å². The van der Waals surface area contributed by atoms with E-state index in [-0.39, 0.29) is 25.1 Å². The molecule has 1 aliphatic heterocycles. The SMILES string of the molecule is COc1cc2nc(CN3CCC[C@@H](C(F)(F)F)C3)[nH]c(=O)c2cc1OC. The lowest BCUT2D eigenvalue weighted by Crippen LogP contribution is -2.41. The third-order valence-corrected chi connectivity index (χ3v) is 4.60. The number of aromatic amines is 1. The number of benzene rings is 1. The van der Waals surface area contributed by atoms with Gasteiger partial charge in [0.15, 0.2) is 11.5 Å². The minimum atomic E-state index is -4.20. The number of alkyl halides is 3. The standard InChI is InChI=1S/C17H20F3N3O3/c1-25-13-6-11-12(7-14(13)26-2)21-15(22-16(11)24)9-23-5-3-4-10(8-23)17(18,19)20/h6-7,10H,3-5,8-9H2,1-2H3,(H,21,22,24)/t10-/m1/s1. The van der Waals surface area contributed by atoms with E-state index in [1.807, 2.05) is 0 Å². The van der Waals surface area contributed by atoms with Crippen molar-refractivity contribution in [1.29, 1.82) is 0 Å². The van der Waals surface area contributed by atoms with Crippen LogP contribution in [0, 0.1) is 5.92 Å². The van der Waals surface area contributed by atoms with Gasteiger partial charge in [-0.2, -0.15) is 13.2 Å². The number of H-pyrrole nitrogens is 1. The summed E-state index contributed by atoms with van der Waals surface area (Å²) in [5.74, 6) is -0.173. The number of piperidine rings is 1. The molecule has 0 radical (unpaired) electrons. The molecule has 1 atom stereocenters. The maximum Gasteiger partial charge on any atom is 0.393 e. The molecule has 2 heterocycles. The highest BCUT2D eigenvalue weighted by Gasteiger charge is 2.41. The van der Waals surface area contributed by atoms with Crippen molar-refractivity contribution in [3.8, 4) is 11.5 Å². The fourth-order valence-electron chi connectivity index (χ4n) is 3.27. The number of halogens is 3. The number of nitrogens with zero attached hydrogens (tertiary/aromatic N) is 2. The van der Waals surface area contributed by atoms with Gasteiger partial charge in [-0.05, 0) is 25.5 Å². The quantitative estimate of drug-likeness (QED) is 0.895. The summed E-state index contributed by atoms with van der Waals surface area (Å²) in [7, 11) is 2.94. The normalized spacial score (nSPS) is 18.9. The molecule has 1 fully saturated rings. The van der Waals surface area contributed by atoms with E-state index in [4.69, 9.17) is 9.47 Å². The minimum Gasteiger partial charge on any atom is -0.493 e. The highest BCUT2D eigenvalue weighted by atomic mass is 19.4. The molecule has 2 aromatic rings. The Hall–Kier alpha value is -2.29. The Morgan fingerprint density at radius 2 is 1.96 bits per heavy atom. The summed E-state index contributed by atoms with van der Waals surface area (Å²) in [6.07, 6.45) is -3.60. The first-order chi connectivity index (χ1) is 12.3. The summed E-state index contributed by atoms with van der Waals surface area (Å²) in [5, 5.41) is 0.332. The number of nitrogens with one attached hydrogen (secondary N) is 1. The van der Waals surface area contributed by atoms with Crippen LogP contribution in [0.5, 0.6) is 11.5 Å². The van der Waals surface area contributed by atoms with Gasteiger partial charge in [-0.15, -0.1) is 0 Å². The van der Waals surface area contributed by atoms with Crippen LogP contribution in [0.15, 0.2) is 16.9 Å². The molecule has 0 unspecified atom stereocenters. The molecule has 0 saturated carbocycles. The van der Waals surface area contributed by atoms with Crippen molar-refractivity contribution in [3.05, 3.63) is 28.3 Å². The van der Waals surface area contributed by atoms with Gasteiger partial charge < -0.3 is 14.5 Å². The molecular weight excluding hydrogens is 351 g/mol. The van der Waals surface area contributed by atoms with E-state index in [0.29, 0.717) is 41.2 Å². The van der Waals surface area contributed by atoms with Crippen LogP contribution in [0.25, 0.3) is 10.9 Å². The monoisotopic (exact) mass is 371 g/mol. The fourth-order valence-corrected chi connectivity index (χ4v) is 3.27. The Bertz CT molecular complexity index is 851. The van der Waals surface area contributed by atoms with Gasteiger partial charge in [0.2, 0.25) is 0 Å². The zero-order valence-corrected chi connectivity index (χ0v) is 14.5. The lowest BCUT2D eigenvalue weighted by Gasteiger charge is -2.33. The number of ether oxygens (including phenoxy) is 2. The van der Waals surface area contributed by atoms with E-state index in [9.17, 15) is 18.0 Å². The Labute approximate surface area is 147 Å². The van der Waals surface area contributed by atoms with Crippen molar-refractivity contribution in [2.75, 3.05) is 27.3 Å². The summed E-state index contributed by atoms with van der Waals surface area (Å²) in [6.45, 7) is 0.615. The largest absolute Gasteiger partial charge is 0.493 e. The number of fused-ring (bicyclic) bond motifs is 1. The molecule has 1 saturated heterocycles. The molecule has 26 heavy (non-hydrogen) atoms. The van der Waals surface area contributed by atoms with Gasteiger partial charge in [0.05, 0.1) is 37.6 Å². The van der Waals surface area contributed by atoms with Crippen molar-refractivity contribution >= 4 is 10.9 Å². The van der Waals surface area contributed by atoms with Gasteiger partial charge in [-0.1, -0.05) is 0 Å². The molecule has 3 rings (SSSR count). The average molecular weight is 371 g/mol. The van der Waals surface area contributed by atoms with E-state index in [2.05, 4.69) is 9.97 Å². The predicted octanol–water partition coefficient (Wildman–Crippen LogP) is 2.71. The van der Waals surface area contributed by atoms with Crippen LogP contribution >= 0.6 is 0 Å².